The Balaban J connectivity index is 3.55. The lowest BCUT2D eigenvalue weighted by atomic mass is 10.2. The molecule has 0 aliphatic carbocycles. The highest BCUT2D eigenvalue weighted by Gasteiger charge is 2.36. The first kappa shape index (κ1) is 17.0. The third-order valence-electron chi connectivity index (χ3n) is 3.03. The van der Waals surface area contributed by atoms with Crippen LogP contribution in [0.3, 0.4) is 0 Å². The van der Waals surface area contributed by atoms with Crippen molar-refractivity contribution in [2.24, 2.45) is 0 Å². The van der Waals surface area contributed by atoms with Crippen LogP contribution in [0.15, 0.2) is 0 Å². The Morgan fingerprint density at radius 3 is 2.06 bits per heavy atom. The van der Waals surface area contributed by atoms with Gasteiger partial charge in [-0.3, -0.25) is 0 Å². The molecule has 0 aromatic rings. The van der Waals surface area contributed by atoms with Gasteiger partial charge in [0.25, 0.3) is 0 Å². The maximum Gasteiger partial charge on any atom is 0.192 e. The van der Waals surface area contributed by atoms with Crippen molar-refractivity contribution in [1.82, 2.24) is 0 Å². The lowest BCUT2D eigenvalue weighted by Crippen LogP contribution is -2.41. The van der Waals surface area contributed by atoms with E-state index in [1.54, 1.807) is 6.92 Å². The fraction of sp³-hybridized carbons (Fsp3) is 0.917. The molecule has 0 aromatic heterocycles. The monoisotopic (exact) mass is 278 g/mol. The highest BCUT2D eigenvalue weighted by atomic mass is 32.1. The van der Waals surface area contributed by atoms with Crippen molar-refractivity contribution >= 4 is 25.6 Å². The zero-order chi connectivity index (χ0) is 13.5. The molecule has 0 radical (unpaired) electrons. The van der Waals surface area contributed by atoms with Gasteiger partial charge in [0.05, 0.1) is 19.8 Å². The van der Waals surface area contributed by atoms with Crippen LogP contribution < -0.4 is 0 Å². The van der Waals surface area contributed by atoms with Crippen LogP contribution in [-0.4, -0.2) is 39.8 Å². The molecule has 0 bridgehead atoms. The van der Waals surface area contributed by atoms with Gasteiger partial charge in [-0.1, -0.05) is 20.8 Å². The average molecular weight is 278 g/mol. The normalized spacial score (nSPS) is 12.6. The molecule has 0 aliphatic heterocycles. The van der Waals surface area contributed by atoms with E-state index in [4.69, 9.17) is 26.1 Å². The minimum Gasteiger partial charge on any atom is -0.485 e. The number of hydrogen-bond donors (Lipinski definition) is 0. The largest absolute Gasteiger partial charge is 0.485 e. The summed E-state index contributed by atoms with van der Waals surface area (Å²) in [6.45, 7) is 15.3. The third-order valence-corrected chi connectivity index (χ3v) is 7.69. The van der Waals surface area contributed by atoms with Gasteiger partial charge in [0.15, 0.2) is 13.4 Å². The van der Waals surface area contributed by atoms with Gasteiger partial charge in [0, 0.05) is 6.92 Å². The minimum atomic E-state index is -1.62. The first-order chi connectivity index (χ1) is 7.67. The Kier molecular flexibility index (Phi) is 7.47. The van der Waals surface area contributed by atoms with Crippen LogP contribution >= 0.6 is 12.2 Å². The maximum absolute atomic E-state index is 5.97. The fourth-order valence-electron chi connectivity index (χ4n) is 0.919. The van der Waals surface area contributed by atoms with E-state index in [0.717, 1.165) is 0 Å². The first-order valence-electron chi connectivity index (χ1n) is 6.02. The second kappa shape index (κ2) is 7.46. The molecule has 102 valence electrons. The number of thiocarbonyl (C=S) groups is 1. The predicted molar refractivity (Wildman–Crippen MR) is 78.2 cm³/mol. The van der Waals surface area contributed by atoms with Crippen LogP contribution in [0.1, 0.15) is 27.7 Å². The second-order valence-corrected chi connectivity index (χ2v) is 10.9. The van der Waals surface area contributed by atoms with Gasteiger partial charge in [-0.05, 0) is 30.4 Å². The number of hydrogen-bond acceptors (Lipinski definition) is 4. The van der Waals surface area contributed by atoms with E-state index in [2.05, 4.69) is 33.9 Å². The standard InChI is InChI=1S/C12H26O3SSi/c1-11(16)14-9-7-13-8-10-15-17(5,6)12(2,3)4/h7-10H2,1-6H3. The summed E-state index contributed by atoms with van der Waals surface area (Å²) in [5.41, 5.74) is 0. The summed E-state index contributed by atoms with van der Waals surface area (Å²) in [6.07, 6.45) is 0. The van der Waals surface area contributed by atoms with Crippen molar-refractivity contribution in [2.45, 2.75) is 45.8 Å². The molecule has 0 heterocycles. The van der Waals surface area contributed by atoms with Gasteiger partial charge in [-0.15, -0.1) is 0 Å². The molecule has 5 heteroatoms. The van der Waals surface area contributed by atoms with Crippen LogP contribution in [0, 0.1) is 0 Å². The summed E-state index contributed by atoms with van der Waals surface area (Å²) in [6, 6.07) is 0. The molecule has 0 fully saturated rings. The van der Waals surface area contributed by atoms with E-state index in [1.165, 1.54) is 0 Å². The molecule has 0 N–H and O–H groups in total. The summed E-state index contributed by atoms with van der Waals surface area (Å²) in [4.78, 5) is 0. The zero-order valence-corrected chi connectivity index (χ0v) is 13.8. The van der Waals surface area contributed by atoms with Gasteiger partial charge in [-0.2, -0.15) is 0 Å². The van der Waals surface area contributed by atoms with Crippen LogP contribution in [0.25, 0.3) is 0 Å². The second-order valence-electron chi connectivity index (χ2n) is 5.56. The molecule has 3 nitrogen and oxygen atoms in total. The van der Waals surface area contributed by atoms with E-state index in [-0.39, 0.29) is 5.04 Å². The van der Waals surface area contributed by atoms with Crippen molar-refractivity contribution in [2.75, 3.05) is 26.4 Å². The Labute approximate surface area is 112 Å². The molecule has 0 unspecified atom stereocenters. The number of ether oxygens (including phenoxy) is 2. The Hall–Kier alpha value is 0.0269. The molecular weight excluding hydrogens is 252 g/mol. The van der Waals surface area contributed by atoms with Gasteiger partial charge in [0.2, 0.25) is 0 Å². The van der Waals surface area contributed by atoms with E-state index < -0.39 is 8.32 Å². The summed E-state index contributed by atoms with van der Waals surface area (Å²) < 4.78 is 16.5. The Morgan fingerprint density at radius 2 is 1.59 bits per heavy atom. The van der Waals surface area contributed by atoms with Crippen LogP contribution in [-0.2, 0) is 13.9 Å². The lowest BCUT2D eigenvalue weighted by Gasteiger charge is -2.36. The molecule has 0 saturated heterocycles. The Bertz CT molecular complexity index is 236. The quantitative estimate of drug-likeness (QED) is 0.405. The van der Waals surface area contributed by atoms with Crippen LogP contribution in [0.4, 0.5) is 0 Å². The van der Waals surface area contributed by atoms with Gasteiger partial charge in [-0.25, -0.2) is 0 Å². The SMILES string of the molecule is CC(=S)OCCOCCO[Si](C)(C)C(C)(C)C. The van der Waals surface area contributed by atoms with Gasteiger partial charge < -0.3 is 13.9 Å². The molecule has 0 aromatic carbocycles. The van der Waals surface area contributed by atoms with Crippen molar-refractivity contribution in [3.8, 4) is 0 Å². The summed E-state index contributed by atoms with van der Waals surface area (Å²) >= 11 is 4.79. The van der Waals surface area contributed by atoms with Crippen molar-refractivity contribution in [3.05, 3.63) is 0 Å². The molecule has 17 heavy (non-hydrogen) atoms. The fourth-order valence-corrected chi connectivity index (χ4v) is 2.03. The molecular formula is C12H26O3SSi. The van der Waals surface area contributed by atoms with Gasteiger partial charge >= 0.3 is 0 Å². The summed E-state index contributed by atoms with van der Waals surface area (Å²) in [7, 11) is -1.62. The molecule has 0 amide bonds. The third kappa shape index (κ3) is 7.86. The predicted octanol–water partition coefficient (Wildman–Crippen LogP) is 3.39. The van der Waals surface area contributed by atoms with E-state index in [0.29, 0.717) is 31.5 Å². The van der Waals surface area contributed by atoms with E-state index >= 15 is 0 Å². The highest BCUT2D eigenvalue weighted by Crippen LogP contribution is 2.36. The average Bonchev–Trinajstić information content (AvgIpc) is 2.13. The lowest BCUT2D eigenvalue weighted by molar-refractivity contribution is 0.0711. The van der Waals surface area contributed by atoms with Crippen LogP contribution in [0.5, 0.6) is 0 Å². The van der Waals surface area contributed by atoms with E-state index in [9.17, 15) is 0 Å². The smallest absolute Gasteiger partial charge is 0.192 e. The molecule has 0 saturated carbocycles. The molecule has 0 atom stereocenters. The van der Waals surface area contributed by atoms with Crippen molar-refractivity contribution in [3.63, 3.8) is 0 Å². The maximum atomic E-state index is 5.97. The minimum absolute atomic E-state index is 0.254. The van der Waals surface area contributed by atoms with E-state index in [1.807, 2.05) is 0 Å². The van der Waals surface area contributed by atoms with Crippen molar-refractivity contribution in [1.29, 1.82) is 0 Å². The van der Waals surface area contributed by atoms with Crippen LogP contribution in [0.2, 0.25) is 18.1 Å². The van der Waals surface area contributed by atoms with Crippen molar-refractivity contribution < 1.29 is 13.9 Å². The first-order valence-corrected chi connectivity index (χ1v) is 9.33. The van der Waals surface area contributed by atoms with Gasteiger partial charge in [0.1, 0.15) is 6.61 Å². The number of rotatable bonds is 7. The highest BCUT2D eigenvalue weighted by molar-refractivity contribution is 7.80. The topological polar surface area (TPSA) is 27.7 Å². The zero-order valence-electron chi connectivity index (χ0n) is 12.0. The molecule has 0 spiro atoms. The molecule has 0 aliphatic rings. The molecule has 0 rings (SSSR count). The Morgan fingerprint density at radius 1 is 1.06 bits per heavy atom. The summed E-state index contributed by atoms with van der Waals surface area (Å²) in [5.74, 6) is 0. The summed E-state index contributed by atoms with van der Waals surface area (Å²) in [5, 5.41) is 0.816.